The topological polar surface area (TPSA) is 29.4 Å². The van der Waals surface area contributed by atoms with Crippen molar-refractivity contribution in [3.05, 3.63) is 34.9 Å². The van der Waals surface area contributed by atoms with Gasteiger partial charge in [0, 0.05) is 0 Å². The molecule has 14 heavy (non-hydrogen) atoms. The lowest BCUT2D eigenvalue weighted by Crippen LogP contribution is -2.13. The van der Waals surface area contributed by atoms with Crippen molar-refractivity contribution in [3.63, 3.8) is 0 Å². The van der Waals surface area contributed by atoms with Gasteiger partial charge in [0.1, 0.15) is 0 Å². The minimum absolute atomic E-state index is 0.472. The van der Waals surface area contributed by atoms with Crippen LogP contribution in [0.4, 0.5) is 0 Å². The van der Waals surface area contributed by atoms with Crippen LogP contribution in [0.15, 0.2) is 23.2 Å². The number of rotatable bonds is 2. The molecular weight excluding hydrogens is 174 g/mol. The second-order valence-corrected chi connectivity index (χ2v) is 4.06. The van der Waals surface area contributed by atoms with E-state index in [1.54, 1.807) is 6.08 Å². The van der Waals surface area contributed by atoms with Gasteiger partial charge in [0.25, 0.3) is 0 Å². The normalized spacial score (nSPS) is 10.9. The van der Waals surface area contributed by atoms with Crippen LogP contribution in [-0.2, 0) is 10.3 Å². The Morgan fingerprint density at radius 3 is 2.36 bits per heavy atom. The summed E-state index contributed by atoms with van der Waals surface area (Å²) in [5.74, 6) is 0. The Morgan fingerprint density at radius 1 is 1.21 bits per heavy atom. The van der Waals surface area contributed by atoms with Crippen molar-refractivity contribution >= 4 is 6.08 Å². The fourth-order valence-corrected chi connectivity index (χ4v) is 1.30. The first-order valence-electron chi connectivity index (χ1n) is 4.64. The van der Waals surface area contributed by atoms with E-state index in [0.717, 1.165) is 5.56 Å². The van der Waals surface area contributed by atoms with Crippen molar-refractivity contribution in [1.29, 1.82) is 0 Å². The van der Waals surface area contributed by atoms with Crippen molar-refractivity contribution in [2.24, 2.45) is 4.99 Å². The Balaban J connectivity index is 3.20. The average Bonchev–Trinajstić information content (AvgIpc) is 2.09. The van der Waals surface area contributed by atoms with E-state index in [4.69, 9.17) is 0 Å². The number of benzene rings is 1. The average molecular weight is 189 g/mol. The van der Waals surface area contributed by atoms with Crippen molar-refractivity contribution in [3.8, 4) is 0 Å². The first-order valence-corrected chi connectivity index (χ1v) is 4.64. The monoisotopic (exact) mass is 189 g/mol. The minimum Gasteiger partial charge on any atom is -0.211 e. The van der Waals surface area contributed by atoms with Gasteiger partial charge >= 0.3 is 0 Å². The molecule has 0 aromatic heterocycles. The third kappa shape index (κ3) is 2.09. The first-order chi connectivity index (χ1) is 6.47. The van der Waals surface area contributed by atoms with E-state index in [0.29, 0.717) is 0 Å². The fraction of sp³-hybridized carbons (Fsp3) is 0.417. The SMILES string of the molecule is Cc1ccc(C(C)(C)N=C=O)cc1C. The maximum atomic E-state index is 10.3. The summed E-state index contributed by atoms with van der Waals surface area (Å²) >= 11 is 0. The van der Waals surface area contributed by atoms with Crippen LogP contribution in [0.25, 0.3) is 0 Å². The van der Waals surface area contributed by atoms with Gasteiger partial charge in [-0.25, -0.2) is 4.79 Å². The maximum absolute atomic E-state index is 10.3. The summed E-state index contributed by atoms with van der Waals surface area (Å²) < 4.78 is 0. The molecule has 0 N–H and O–H groups in total. The van der Waals surface area contributed by atoms with Crippen LogP contribution < -0.4 is 0 Å². The summed E-state index contributed by atoms with van der Waals surface area (Å²) in [5, 5.41) is 0. The highest BCUT2D eigenvalue weighted by atomic mass is 16.1. The van der Waals surface area contributed by atoms with Gasteiger partial charge in [-0.05, 0) is 44.4 Å². The van der Waals surface area contributed by atoms with Gasteiger partial charge in [-0.3, -0.25) is 0 Å². The second-order valence-electron chi connectivity index (χ2n) is 4.06. The predicted molar refractivity (Wildman–Crippen MR) is 57.1 cm³/mol. The Bertz CT molecular complexity index is 387. The summed E-state index contributed by atoms with van der Waals surface area (Å²) in [5.41, 5.74) is 3.04. The van der Waals surface area contributed by atoms with E-state index < -0.39 is 5.54 Å². The molecule has 0 aliphatic heterocycles. The molecule has 0 radical (unpaired) electrons. The van der Waals surface area contributed by atoms with E-state index in [2.05, 4.69) is 24.9 Å². The molecule has 0 bridgehead atoms. The highest BCUT2D eigenvalue weighted by Crippen LogP contribution is 2.25. The van der Waals surface area contributed by atoms with Gasteiger partial charge in [0.2, 0.25) is 6.08 Å². The molecule has 0 fully saturated rings. The van der Waals surface area contributed by atoms with E-state index in [-0.39, 0.29) is 0 Å². The standard InChI is InChI=1S/C12H15NO/c1-9-5-6-11(7-10(9)2)12(3,4)13-8-14/h5-7H,1-4H3. The molecule has 0 heterocycles. The smallest absolute Gasteiger partial charge is 0.211 e. The molecule has 0 unspecified atom stereocenters. The molecule has 74 valence electrons. The number of hydrogen-bond acceptors (Lipinski definition) is 2. The zero-order valence-electron chi connectivity index (χ0n) is 9.09. The van der Waals surface area contributed by atoms with Gasteiger partial charge in [-0.15, -0.1) is 0 Å². The summed E-state index contributed by atoms with van der Waals surface area (Å²) in [6.07, 6.45) is 1.62. The van der Waals surface area contributed by atoms with Crippen LogP contribution in [0.2, 0.25) is 0 Å². The van der Waals surface area contributed by atoms with Gasteiger partial charge in [-0.1, -0.05) is 18.2 Å². The van der Waals surface area contributed by atoms with Crippen LogP contribution in [0, 0.1) is 13.8 Å². The van der Waals surface area contributed by atoms with Crippen LogP contribution in [0.5, 0.6) is 0 Å². The Hall–Kier alpha value is -1.40. The molecule has 0 amide bonds. The van der Waals surface area contributed by atoms with E-state index in [1.165, 1.54) is 11.1 Å². The van der Waals surface area contributed by atoms with Crippen molar-refractivity contribution in [2.45, 2.75) is 33.2 Å². The lowest BCUT2D eigenvalue weighted by Gasteiger charge is -2.18. The fourth-order valence-electron chi connectivity index (χ4n) is 1.30. The highest BCUT2D eigenvalue weighted by Gasteiger charge is 2.19. The number of aliphatic imine (C=N–C) groups is 1. The number of nitrogens with zero attached hydrogens (tertiary/aromatic N) is 1. The Labute approximate surface area is 84.7 Å². The van der Waals surface area contributed by atoms with Gasteiger partial charge in [0.05, 0.1) is 5.54 Å². The lowest BCUT2D eigenvalue weighted by molar-refractivity contribution is 0.522. The molecule has 0 atom stereocenters. The third-order valence-electron chi connectivity index (χ3n) is 2.54. The number of carbonyl (C=O) groups excluding carboxylic acids is 1. The summed E-state index contributed by atoms with van der Waals surface area (Å²) in [7, 11) is 0. The number of aryl methyl sites for hydroxylation is 2. The van der Waals surface area contributed by atoms with Crippen molar-refractivity contribution < 1.29 is 4.79 Å². The second kappa shape index (κ2) is 3.77. The van der Waals surface area contributed by atoms with Gasteiger partial charge in [0.15, 0.2) is 0 Å². The molecule has 1 aromatic rings. The Morgan fingerprint density at radius 2 is 1.86 bits per heavy atom. The number of isocyanates is 1. The lowest BCUT2D eigenvalue weighted by atomic mass is 9.92. The molecule has 0 aliphatic rings. The maximum Gasteiger partial charge on any atom is 0.235 e. The van der Waals surface area contributed by atoms with Crippen LogP contribution in [0.1, 0.15) is 30.5 Å². The third-order valence-corrected chi connectivity index (χ3v) is 2.54. The minimum atomic E-state index is -0.472. The first kappa shape index (κ1) is 10.7. The highest BCUT2D eigenvalue weighted by molar-refractivity contribution is 5.39. The zero-order valence-corrected chi connectivity index (χ0v) is 9.09. The van der Waals surface area contributed by atoms with E-state index in [9.17, 15) is 4.79 Å². The molecule has 2 heteroatoms. The molecule has 0 aliphatic carbocycles. The van der Waals surface area contributed by atoms with Gasteiger partial charge in [-0.2, -0.15) is 4.99 Å². The molecular formula is C12H15NO. The zero-order chi connectivity index (χ0) is 10.8. The summed E-state index contributed by atoms with van der Waals surface area (Å²) in [6.45, 7) is 7.93. The van der Waals surface area contributed by atoms with Crippen molar-refractivity contribution in [2.75, 3.05) is 0 Å². The van der Waals surface area contributed by atoms with E-state index in [1.807, 2.05) is 26.0 Å². The largest absolute Gasteiger partial charge is 0.235 e. The molecule has 1 rings (SSSR count). The van der Waals surface area contributed by atoms with E-state index >= 15 is 0 Å². The molecule has 1 aromatic carbocycles. The quantitative estimate of drug-likeness (QED) is 0.519. The van der Waals surface area contributed by atoms with Crippen LogP contribution in [0.3, 0.4) is 0 Å². The Kier molecular flexibility index (Phi) is 2.87. The number of hydrogen-bond donors (Lipinski definition) is 0. The van der Waals surface area contributed by atoms with Crippen LogP contribution in [-0.4, -0.2) is 6.08 Å². The molecule has 0 saturated heterocycles. The van der Waals surface area contributed by atoms with Crippen molar-refractivity contribution in [1.82, 2.24) is 0 Å². The summed E-state index contributed by atoms with van der Waals surface area (Å²) in [6, 6.07) is 6.12. The van der Waals surface area contributed by atoms with Gasteiger partial charge < -0.3 is 0 Å². The molecule has 0 saturated carbocycles. The predicted octanol–water partition coefficient (Wildman–Crippen LogP) is 2.87. The molecule has 2 nitrogen and oxygen atoms in total. The molecule has 0 spiro atoms. The van der Waals surface area contributed by atoms with Crippen LogP contribution >= 0.6 is 0 Å². The summed E-state index contributed by atoms with van der Waals surface area (Å²) in [4.78, 5) is 14.0.